The molecule has 0 saturated heterocycles. The summed E-state index contributed by atoms with van der Waals surface area (Å²) in [5, 5.41) is 15.0. The van der Waals surface area contributed by atoms with Crippen LogP contribution in [0.25, 0.3) is 5.69 Å². The van der Waals surface area contributed by atoms with Gasteiger partial charge in [0.25, 0.3) is 5.69 Å². The van der Waals surface area contributed by atoms with Crippen LogP contribution in [0.3, 0.4) is 0 Å². The Hall–Kier alpha value is -1.88. The maximum absolute atomic E-state index is 10.7. The Kier molecular flexibility index (Phi) is 2.39. The Morgan fingerprint density at radius 1 is 1.33 bits per heavy atom. The molecule has 1 aromatic heterocycles. The van der Waals surface area contributed by atoms with Crippen LogP contribution in [0.1, 0.15) is 0 Å². The number of hydrogen-bond acceptors (Lipinski definition) is 3. The summed E-state index contributed by atoms with van der Waals surface area (Å²) in [7, 11) is 0. The van der Waals surface area contributed by atoms with E-state index in [0.717, 1.165) is 0 Å². The fourth-order valence-electron chi connectivity index (χ4n) is 1.26. The molecule has 0 bridgehead atoms. The summed E-state index contributed by atoms with van der Waals surface area (Å²) in [6.45, 7) is 0. The number of aromatic nitrogens is 2. The van der Waals surface area contributed by atoms with Crippen molar-refractivity contribution < 1.29 is 4.92 Å². The molecule has 0 atom stereocenters. The lowest BCUT2D eigenvalue weighted by molar-refractivity contribution is -0.384. The van der Waals surface area contributed by atoms with Gasteiger partial charge in [-0.1, -0.05) is 23.7 Å². The van der Waals surface area contributed by atoms with Crippen molar-refractivity contribution in [1.29, 1.82) is 0 Å². The minimum Gasteiger partial charge on any atom is -0.258 e. The Labute approximate surface area is 90.1 Å². The highest BCUT2D eigenvalue weighted by Crippen LogP contribution is 2.24. The molecule has 0 N–H and O–H groups in total. The van der Waals surface area contributed by atoms with Crippen LogP contribution in [-0.4, -0.2) is 14.7 Å². The van der Waals surface area contributed by atoms with Gasteiger partial charge in [0.1, 0.15) is 10.8 Å². The number of hydrogen-bond donors (Lipinski definition) is 0. The minimum absolute atomic E-state index is 0.0249. The first-order valence-corrected chi connectivity index (χ1v) is 4.51. The van der Waals surface area contributed by atoms with Crippen molar-refractivity contribution in [3.63, 3.8) is 0 Å². The Morgan fingerprint density at radius 3 is 2.67 bits per heavy atom. The predicted molar refractivity (Wildman–Crippen MR) is 55.2 cm³/mol. The maximum Gasteiger partial charge on any atom is 0.294 e. The predicted octanol–water partition coefficient (Wildman–Crippen LogP) is 2.43. The molecule has 1 heterocycles. The lowest BCUT2D eigenvalue weighted by Gasteiger charge is -2.03. The minimum atomic E-state index is -0.465. The van der Waals surface area contributed by atoms with E-state index < -0.39 is 4.92 Å². The van der Waals surface area contributed by atoms with E-state index in [4.69, 9.17) is 11.6 Å². The number of halogens is 1. The molecule has 15 heavy (non-hydrogen) atoms. The largest absolute Gasteiger partial charge is 0.294 e. The Bertz CT molecular complexity index is 510. The summed E-state index contributed by atoms with van der Waals surface area (Å²) in [6.07, 6.45) is 1.49. The molecule has 0 saturated carbocycles. The number of benzene rings is 1. The van der Waals surface area contributed by atoms with Crippen LogP contribution < -0.4 is 0 Å². The van der Waals surface area contributed by atoms with Gasteiger partial charge in [-0.05, 0) is 12.1 Å². The van der Waals surface area contributed by atoms with Gasteiger partial charge < -0.3 is 0 Å². The van der Waals surface area contributed by atoms with E-state index in [1.54, 1.807) is 24.3 Å². The average Bonchev–Trinajstić information content (AvgIpc) is 2.64. The van der Waals surface area contributed by atoms with Crippen LogP contribution >= 0.6 is 11.6 Å². The maximum atomic E-state index is 10.7. The third-order valence-electron chi connectivity index (χ3n) is 1.90. The molecule has 0 aliphatic carbocycles. The van der Waals surface area contributed by atoms with Crippen molar-refractivity contribution in [2.24, 2.45) is 0 Å². The number of nitro benzene ring substituents is 1. The number of rotatable bonds is 2. The molecule has 0 fully saturated rings. The third-order valence-corrected chi connectivity index (χ3v) is 2.19. The molecule has 0 aliphatic rings. The molecule has 5 nitrogen and oxygen atoms in total. The highest BCUT2D eigenvalue weighted by molar-refractivity contribution is 6.29. The first-order valence-electron chi connectivity index (χ1n) is 4.13. The molecule has 0 aliphatic heterocycles. The normalized spacial score (nSPS) is 10.2. The molecule has 76 valence electrons. The molecular formula is C9H6ClN3O2. The molecule has 0 spiro atoms. The summed E-state index contributed by atoms with van der Waals surface area (Å²) in [4.78, 5) is 10.3. The van der Waals surface area contributed by atoms with Crippen LogP contribution in [0.5, 0.6) is 0 Å². The second-order valence-electron chi connectivity index (χ2n) is 2.81. The molecule has 2 rings (SSSR count). The van der Waals surface area contributed by atoms with E-state index in [1.165, 1.54) is 16.9 Å². The van der Waals surface area contributed by atoms with Crippen molar-refractivity contribution >= 4 is 17.3 Å². The zero-order valence-corrected chi connectivity index (χ0v) is 8.26. The van der Waals surface area contributed by atoms with Crippen LogP contribution in [0.15, 0.2) is 36.5 Å². The van der Waals surface area contributed by atoms with Gasteiger partial charge in [0.15, 0.2) is 0 Å². The van der Waals surface area contributed by atoms with Crippen molar-refractivity contribution in [2.45, 2.75) is 0 Å². The van der Waals surface area contributed by atoms with Gasteiger partial charge in [0.2, 0.25) is 0 Å². The van der Waals surface area contributed by atoms with Gasteiger partial charge in [0, 0.05) is 6.07 Å². The highest BCUT2D eigenvalue weighted by atomic mass is 35.5. The number of nitrogens with zero attached hydrogens (tertiary/aromatic N) is 3. The first kappa shape index (κ1) is 9.67. The van der Waals surface area contributed by atoms with Gasteiger partial charge in [-0.2, -0.15) is 5.10 Å². The Morgan fingerprint density at radius 2 is 2.07 bits per heavy atom. The van der Waals surface area contributed by atoms with Gasteiger partial charge in [0.05, 0.1) is 11.1 Å². The summed E-state index contributed by atoms with van der Waals surface area (Å²) < 4.78 is 1.32. The molecule has 0 amide bonds. The topological polar surface area (TPSA) is 61.0 Å². The van der Waals surface area contributed by atoms with Crippen LogP contribution in [-0.2, 0) is 0 Å². The molecule has 6 heteroatoms. The van der Waals surface area contributed by atoms with E-state index in [1.807, 2.05) is 0 Å². The van der Waals surface area contributed by atoms with Gasteiger partial charge >= 0.3 is 0 Å². The van der Waals surface area contributed by atoms with Crippen molar-refractivity contribution in [3.05, 3.63) is 51.8 Å². The van der Waals surface area contributed by atoms with Crippen LogP contribution in [0, 0.1) is 10.1 Å². The standard InChI is InChI=1S/C9H6ClN3O2/c10-9-5-6-11-12(9)7-3-1-2-4-8(7)13(14)15/h1-6H. The van der Waals surface area contributed by atoms with E-state index >= 15 is 0 Å². The summed E-state index contributed by atoms with van der Waals surface area (Å²) in [5.41, 5.74) is 0.334. The molecule has 0 unspecified atom stereocenters. The summed E-state index contributed by atoms with van der Waals surface area (Å²) in [5.74, 6) is 0. The fourth-order valence-corrected chi connectivity index (χ4v) is 1.45. The molecule has 1 aromatic carbocycles. The van der Waals surface area contributed by atoms with Gasteiger partial charge in [-0.3, -0.25) is 10.1 Å². The second kappa shape index (κ2) is 3.70. The molecule has 0 radical (unpaired) electrons. The molecule has 2 aromatic rings. The zero-order valence-electron chi connectivity index (χ0n) is 7.50. The fraction of sp³-hybridized carbons (Fsp3) is 0. The van der Waals surface area contributed by atoms with E-state index in [2.05, 4.69) is 5.10 Å². The third kappa shape index (κ3) is 1.69. The first-order chi connectivity index (χ1) is 7.20. The number of para-hydroxylation sites is 2. The highest BCUT2D eigenvalue weighted by Gasteiger charge is 2.15. The zero-order chi connectivity index (χ0) is 10.8. The number of nitro groups is 1. The molecular weight excluding hydrogens is 218 g/mol. The van der Waals surface area contributed by atoms with Gasteiger partial charge in [-0.25, -0.2) is 4.68 Å². The van der Waals surface area contributed by atoms with Crippen LogP contribution in [0.4, 0.5) is 5.69 Å². The summed E-state index contributed by atoms with van der Waals surface area (Å²) >= 11 is 5.83. The van der Waals surface area contributed by atoms with E-state index in [-0.39, 0.29) is 5.69 Å². The van der Waals surface area contributed by atoms with E-state index in [9.17, 15) is 10.1 Å². The van der Waals surface area contributed by atoms with Crippen molar-refractivity contribution in [3.8, 4) is 5.69 Å². The average molecular weight is 224 g/mol. The summed E-state index contributed by atoms with van der Waals surface area (Å²) in [6, 6.07) is 7.86. The van der Waals surface area contributed by atoms with Crippen LogP contribution in [0.2, 0.25) is 5.15 Å². The Balaban J connectivity index is 2.63. The SMILES string of the molecule is O=[N+]([O-])c1ccccc1-n1nccc1Cl. The second-order valence-corrected chi connectivity index (χ2v) is 3.20. The monoisotopic (exact) mass is 223 g/mol. The van der Waals surface area contributed by atoms with E-state index in [0.29, 0.717) is 10.8 Å². The smallest absolute Gasteiger partial charge is 0.258 e. The lowest BCUT2D eigenvalue weighted by Crippen LogP contribution is -2.01. The lowest BCUT2D eigenvalue weighted by atomic mass is 10.3. The quantitative estimate of drug-likeness (QED) is 0.580. The van der Waals surface area contributed by atoms with Crippen molar-refractivity contribution in [1.82, 2.24) is 9.78 Å². The van der Waals surface area contributed by atoms with Gasteiger partial charge in [-0.15, -0.1) is 0 Å². The van der Waals surface area contributed by atoms with Crippen molar-refractivity contribution in [2.75, 3.05) is 0 Å².